The van der Waals surface area contributed by atoms with Crippen molar-refractivity contribution >= 4 is 12.0 Å². The number of aliphatic carboxylic acids is 1. The topological polar surface area (TPSA) is 89.9 Å². The van der Waals surface area contributed by atoms with Gasteiger partial charge in [-0.3, -0.25) is 4.79 Å². The molecule has 1 rings (SSSR count). The van der Waals surface area contributed by atoms with Crippen molar-refractivity contribution in [2.75, 3.05) is 13.1 Å². The van der Waals surface area contributed by atoms with Crippen molar-refractivity contribution in [2.24, 2.45) is 5.92 Å². The molecule has 0 aromatic carbocycles. The summed E-state index contributed by atoms with van der Waals surface area (Å²) >= 11 is 0. The minimum atomic E-state index is -0.903. The highest BCUT2D eigenvalue weighted by atomic mass is 16.4. The molecule has 1 aliphatic heterocycles. The highest BCUT2D eigenvalue weighted by molar-refractivity contribution is 5.76. The number of aliphatic hydroxyl groups excluding tert-OH is 1. The monoisotopic (exact) mass is 272 g/mol. The lowest BCUT2D eigenvalue weighted by molar-refractivity contribution is -0.137. The van der Waals surface area contributed by atoms with Crippen molar-refractivity contribution in [3.05, 3.63) is 0 Å². The van der Waals surface area contributed by atoms with E-state index in [4.69, 9.17) is 5.11 Å². The van der Waals surface area contributed by atoms with Crippen LogP contribution in [0.5, 0.6) is 0 Å². The van der Waals surface area contributed by atoms with E-state index < -0.39 is 5.97 Å². The number of piperidine rings is 1. The van der Waals surface area contributed by atoms with Crippen LogP contribution < -0.4 is 5.32 Å². The van der Waals surface area contributed by atoms with Gasteiger partial charge in [0, 0.05) is 19.1 Å². The number of rotatable bonds is 5. The average molecular weight is 272 g/mol. The Morgan fingerprint density at radius 3 is 2.37 bits per heavy atom. The first-order valence-electron chi connectivity index (χ1n) is 6.89. The van der Waals surface area contributed by atoms with Crippen molar-refractivity contribution in [3.63, 3.8) is 0 Å². The van der Waals surface area contributed by atoms with Gasteiger partial charge in [0.05, 0.1) is 12.5 Å². The molecule has 0 bridgehead atoms. The third-order valence-corrected chi connectivity index (χ3v) is 3.75. The number of urea groups is 1. The summed E-state index contributed by atoms with van der Waals surface area (Å²) in [7, 11) is 0. The zero-order valence-electron chi connectivity index (χ0n) is 11.6. The number of carbonyl (C=O) groups excluding carboxylic acids is 1. The molecule has 1 heterocycles. The minimum absolute atomic E-state index is 0.0492. The van der Waals surface area contributed by atoms with E-state index in [0.29, 0.717) is 19.5 Å². The van der Waals surface area contributed by atoms with E-state index in [1.807, 2.05) is 6.92 Å². The van der Waals surface area contributed by atoms with E-state index in [0.717, 1.165) is 12.8 Å². The number of likely N-dealkylation sites (tertiary alicyclic amines) is 1. The van der Waals surface area contributed by atoms with Crippen molar-refractivity contribution in [1.82, 2.24) is 10.2 Å². The molecule has 2 amide bonds. The summed E-state index contributed by atoms with van der Waals surface area (Å²) in [6.07, 6.45) is 1.80. The van der Waals surface area contributed by atoms with Gasteiger partial charge < -0.3 is 20.4 Å². The normalized spacial score (nSPS) is 19.8. The maximum atomic E-state index is 12.0. The Kier molecular flexibility index (Phi) is 6.08. The van der Waals surface area contributed by atoms with Gasteiger partial charge in [-0.1, -0.05) is 6.92 Å². The number of carboxylic acids is 1. The molecule has 1 fully saturated rings. The van der Waals surface area contributed by atoms with E-state index in [-0.39, 0.29) is 30.5 Å². The van der Waals surface area contributed by atoms with Crippen LogP contribution >= 0.6 is 0 Å². The SMILES string of the molecule is CCC(CC(=O)O)NC(=O)N1CCC(C(C)O)CC1. The number of nitrogens with zero attached hydrogens (tertiary/aromatic N) is 1. The van der Waals surface area contributed by atoms with Gasteiger partial charge in [-0.15, -0.1) is 0 Å². The number of carboxylic acid groups (broad SMARTS) is 1. The van der Waals surface area contributed by atoms with Gasteiger partial charge in [-0.05, 0) is 32.1 Å². The van der Waals surface area contributed by atoms with Gasteiger partial charge in [-0.25, -0.2) is 4.79 Å². The molecule has 0 spiro atoms. The van der Waals surface area contributed by atoms with Crippen LogP contribution in [0.15, 0.2) is 0 Å². The van der Waals surface area contributed by atoms with E-state index in [2.05, 4.69) is 5.32 Å². The zero-order valence-corrected chi connectivity index (χ0v) is 11.6. The van der Waals surface area contributed by atoms with Crippen LogP contribution in [-0.2, 0) is 4.79 Å². The fourth-order valence-electron chi connectivity index (χ4n) is 2.36. The molecule has 0 aromatic rings. The third-order valence-electron chi connectivity index (χ3n) is 3.75. The first-order valence-corrected chi connectivity index (χ1v) is 6.89. The van der Waals surface area contributed by atoms with Crippen molar-refractivity contribution < 1.29 is 19.8 Å². The predicted molar refractivity (Wildman–Crippen MR) is 70.8 cm³/mol. The van der Waals surface area contributed by atoms with Gasteiger partial charge >= 0.3 is 12.0 Å². The lowest BCUT2D eigenvalue weighted by atomic mass is 9.92. The molecule has 2 atom stereocenters. The molecular formula is C13H24N2O4. The fourth-order valence-corrected chi connectivity index (χ4v) is 2.36. The summed E-state index contributed by atoms with van der Waals surface area (Å²) in [4.78, 5) is 24.3. The Labute approximate surface area is 113 Å². The molecule has 0 saturated carbocycles. The molecule has 1 aliphatic rings. The second-order valence-electron chi connectivity index (χ2n) is 5.22. The second-order valence-corrected chi connectivity index (χ2v) is 5.22. The Morgan fingerprint density at radius 1 is 1.37 bits per heavy atom. The first-order chi connectivity index (χ1) is 8.93. The Hall–Kier alpha value is -1.30. The van der Waals surface area contributed by atoms with Crippen LogP contribution in [0, 0.1) is 5.92 Å². The Morgan fingerprint density at radius 2 is 1.95 bits per heavy atom. The molecule has 19 heavy (non-hydrogen) atoms. The van der Waals surface area contributed by atoms with Crippen molar-refractivity contribution in [3.8, 4) is 0 Å². The average Bonchev–Trinajstić information content (AvgIpc) is 2.37. The molecule has 2 unspecified atom stereocenters. The fraction of sp³-hybridized carbons (Fsp3) is 0.846. The highest BCUT2D eigenvalue weighted by Crippen LogP contribution is 2.20. The van der Waals surface area contributed by atoms with Gasteiger partial charge in [-0.2, -0.15) is 0 Å². The predicted octanol–water partition coefficient (Wildman–Crippen LogP) is 1.04. The van der Waals surface area contributed by atoms with Crippen molar-refractivity contribution in [2.45, 2.75) is 51.7 Å². The van der Waals surface area contributed by atoms with Gasteiger partial charge in [0.2, 0.25) is 0 Å². The largest absolute Gasteiger partial charge is 0.481 e. The number of hydrogen-bond donors (Lipinski definition) is 3. The lowest BCUT2D eigenvalue weighted by Crippen LogP contribution is -2.49. The molecule has 6 nitrogen and oxygen atoms in total. The molecule has 3 N–H and O–H groups in total. The molecule has 110 valence electrons. The van der Waals surface area contributed by atoms with Crippen LogP contribution in [0.1, 0.15) is 39.5 Å². The molecule has 0 aliphatic carbocycles. The molecule has 0 aromatic heterocycles. The highest BCUT2D eigenvalue weighted by Gasteiger charge is 2.26. The zero-order chi connectivity index (χ0) is 14.4. The van der Waals surface area contributed by atoms with E-state index >= 15 is 0 Å². The summed E-state index contributed by atoms with van der Waals surface area (Å²) in [5.74, 6) is -0.648. The summed E-state index contributed by atoms with van der Waals surface area (Å²) in [5, 5.41) is 21.0. The van der Waals surface area contributed by atoms with E-state index in [9.17, 15) is 14.7 Å². The summed E-state index contributed by atoms with van der Waals surface area (Å²) < 4.78 is 0. The maximum absolute atomic E-state index is 12.0. The van der Waals surface area contributed by atoms with Crippen LogP contribution in [-0.4, -0.2) is 52.3 Å². The van der Waals surface area contributed by atoms with E-state index in [1.165, 1.54) is 0 Å². The quantitative estimate of drug-likeness (QED) is 0.697. The third kappa shape index (κ3) is 5.06. The van der Waals surface area contributed by atoms with Gasteiger partial charge in [0.15, 0.2) is 0 Å². The van der Waals surface area contributed by atoms with Crippen LogP contribution in [0.2, 0.25) is 0 Å². The number of nitrogens with one attached hydrogen (secondary N) is 1. The van der Waals surface area contributed by atoms with Crippen molar-refractivity contribution in [1.29, 1.82) is 0 Å². The number of hydrogen-bond acceptors (Lipinski definition) is 3. The molecule has 6 heteroatoms. The van der Waals surface area contributed by atoms with Crippen LogP contribution in [0.4, 0.5) is 4.79 Å². The minimum Gasteiger partial charge on any atom is -0.481 e. The summed E-state index contributed by atoms with van der Waals surface area (Å²) in [6, 6.07) is -0.517. The first kappa shape index (κ1) is 15.8. The number of carbonyl (C=O) groups is 2. The molecule has 1 saturated heterocycles. The molecule has 0 radical (unpaired) electrons. The second kappa shape index (κ2) is 7.33. The summed E-state index contributed by atoms with van der Waals surface area (Å²) in [5.41, 5.74) is 0. The van der Waals surface area contributed by atoms with Crippen LogP contribution in [0.25, 0.3) is 0 Å². The smallest absolute Gasteiger partial charge is 0.317 e. The standard InChI is InChI=1S/C13H24N2O4/c1-3-11(8-12(17)18)14-13(19)15-6-4-10(5-7-15)9(2)16/h9-11,16H,3-8H2,1-2H3,(H,14,19)(H,17,18). The Balaban J connectivity index is 2.40. The summed E-state index contributed by atoms with van der Waals surface area (Å²) in [6.45, 7) is 4.86. The Bertz CT molecular complexity index is 312. The maximum Gasteiger partial charge on any atom is 0.317 e. The van der Waals surface area contributed by atoms with E-state index in [1.54, 1.807) is 11.8 Å². The van der Waals surface area contributed by atoms with Gasteiger partial charge in [0.25, 0.3) is 0 Å². The van der Waals surface area contributed by atoms with Crippen LogP contribution in [0.3, 0.4) is 0 Å². The number of amides is 2. The lowest BCUT2D eigenvalue weighted by Gasteiger charge is -2.34. The molecular weight excluding hydrogens is 248 g/mol. The number of aliphatic hydroxyl groups is 1. The van der Waals surface area contributed by atoms with Gasteiger partial charge in [0.1, 0.15) is 0 Å².